The minimum absolute atomic E-state index is 0.253. The highest BCUT2D eigenvalue weighted by atomic mass is 32.2. The summed E-state index contributed by atoms with van der Waals surface area (Å²) in [5.74, 6) is 0.922. The number of nitrogens with one attached hydrogen (secondary N) is 1. The van der Waals surface area contributed by atoms with Crippen molar-refractivity contribution in [1.82, 2.24) is 10.3 Å². The number of aromatic nitrogens is 1. The lowest BCUT2D eigenvalue weighted by Crippen LogP contribution is -2.23. The van der Waals surface area contributed by atoms with Gasteiger partial charge in [-0.3, -0.25) is 4.98 Å². The largest absolute Gasteiger partial charge is 0.312 e. The van der Waals surface area contributed by atoms with Crippen LogP contribution in [-0.2, 0) is 16.4 Å². The second-order valence-corrected chi connectivity index (χ2v) is 7.62. The summed E-state index contributed by atoms with van der Waals surface area (Å²) in [5, 5.41) is 4.50. The first-order valence-electron chi connectivity index (χ1n) is 6.88. The van der Waals surface area contributed by atoms with E-state index in [1.54, 1.807) is 6.20 Å². The minimum Gasteiger partial charge on any atom is -0.312 e. The molecule has 1 unspecified atom stereocenters. The first-order chi connectivity index (χ1) is 9.64. The third-order valence-electron chi connectivity index (χ3n) is 3.79. The number of benzene rings is 1. The topological polar surface area (TPSA) is 59.1 Å². The number of sulfone groups is 1. The number of nitrogens with zero attached hydrogens (tertiary/aromatic N) is 1. The van der Waals surface area contributed by atoms with Crippen molar-refractivity contribution in [1.29, 1.82) is 0 Å². The van der Waals surface area contributed by atoms with Crippen LogP contribution in [0.5, 0.6) is 0 Å². The maximum atomic E-state index is 11.4. The molecular weight excluding hydrogens is 272 g/mol. The summed E-state index contributed by atoms with van der Waals surface area (Å²) in [5.41, 5.74) is 2.17. The fourth-order valence-corrected chi connectivity index (χ4v) is 4.62. The van der Waals surface area contributed by atoms with Crippen LogP contribution in [0.2, 0.25) is 0 Å². The SMILES string of the molecule is O=S1(=O)CCC(CNCc2cccc3cccnc23)C1. The van der Waals surface area contributed by atoms with Gasteiger partial charge in [-0.25, -0.2) is 8.42 Å². The minimum atomic E-state index is -2.78. The van der Waals surface area contributed by atoms with Gasteiger partial charge in [0, 0.05) is 18.1 Å². The first-order valence-corrected chi connectivity index (χ1v) is 8.70. The molecular formula is C15H18N2O2S. The van der Waals surface area contributed by atoms with Gasteiger partial charge in [0.2, 0.25) is 0 Å². The molecule has 1 fully saturated rings. The fraction of sp³-hybridized carbons (Fsp3) is 0.400. The summed E-state index contributed by atoms with van der Waals surface area (Å²) in [6.07, 6.45) is 2.58. The van der Waals surface area contributed by atoms with Crippen LogP contribution in [0.4, 0.5) is 0 Å². The van der Waals surface area contributed by atoms with Gasteiger partial charge in [-0.05, 0) is 30.5 Å². The number of hydrogen-bond donors (Lipinski definition) is 1. The summed E-state index contributed by atoms with van der Waals surface area (Å²) in [4.78, 5) is 4.42. The summed E-state index contributed by atoms with van der Waals surface area (Å²) in [6.45, 7) is 1.48. The third-order valence-corrected chi connectivity index (χ3v) is 5.63. The quantitative estimate of drug-likeness (QED) is 0.932. The molecule has 106 valence electrons. The second-order valence-electron chi connectivity index (χ2n) is 5.39. The summed E-state index contributed by atoms with van der Waals surface area (Å²) < 4.78 is 22.8. The Morgan fingerprint density at radius 3 is 2.90 bits per heavy atom. The summed E-state index contributed by atoms with van der Waals surface area (Å²) >= 11 is 0. The molecule has 0 bridgehead atoms. The van der Waals surface area contributed by atoms with Crippen LogP contribution in [0.15, 0.2) is 36.5 Å². The average Bonchev–Trinajstić information content (AvgIpc) is 2.79. The molecule has 4 nitrogen and oxygen atoms in total. The molecule has 1 aliphatic heterocycles. The van der Waals surface area contributed by atoms with Crippen molar-refractivity contribution in [2.75, 3.05) is 18.1 Å². The standard InChI is InChI=1S/C15H18N2O2S/c18-20(19)8-6-12(11-20)9-16-10-14-4-1-3-13-5-2-7-17-15(13)14/h1-5,7,12,16H,6,8-11H2. The van der Waals surface area contributed by atoms with E-state index in [0.29, 0.717) is 11.5 Å². The molecule has 2 aromatic rings. The Morgan fingerprint density at radius 2 is 2.10 bits per heavy atom. The highest BCUT2D eigenvalue weighted by Crippen LogP contribution is 2.18. The Balaban J connectivity index is 1.63. The van der Waals surface area contributed by atoms with Crippen molar-refractivity contribution in [3.05, 3.63) is 42.1 Å². The highest BCUT2D eigenvalue weighted by molar-refractivity contribution is 7.91. The summed E-state index contributed by atoms with van der Waals surface area (Å²) in [6, 6.07) is 10.1. The molecule has 5 heteroatoms. The van der Waals surface area contributed by atoms with Gasteiger partial charge in [-0.1, -0.05) is 24.3 Å². The van der Waals surface area contributed by atoms with Crippen molar-refractivity contribution >= 4 is 20.7 Å². The van der Waals surface area contributed by atoms with Gasteiger partial charge in [0.05, 0.1) is 17.0 Å². The average molecular weight is 290 g/mol. The Labute approximate surface area is 119 Å². The van der Waals surface area contributed by atoms with Gasteiger partial charge >= 0.3 is 0 Å². The molecule has 1 aromatic carbocycles. The Bertz CT molecular complexity index is 707. The molecule has 1 saturated heterocycles. The zero-order valence-corrected chi connectivity index (χ0v) is 12.1. The lowest BCUT2D eigenvalue weighted by atomic mass is 10.1. The van der Waals surface area contributed by atoms with E-state index in [1.165, 1.54) is 0 Å². The number of rotatable bonds is 4. The van der Waals surface area contributed by atoms with E-state index in [0.717, 1.165) is 36.0 Å². The lowest BCUT2D eigenvalue weighted by Gasteiger charge is -2.10. The van der Waals surface area contributed by atoms with E-state index in [1.807, 2.05) is 12.1 Å². The molecule has 1 aliphatic rings. The lowest BCUT2D eigenvalue weighted by molar-refractivity contribution is 0.521. The Hall–Kier alpha value is -1.46. The van der Waals surface area contributed by atoms with E-state index in [9.17, 15) is 8.42 Å². The van der Waals surface area contributed by atoms with Gasteiger partial charge in [0.1, 0.15) is 0 Å². The van der Waals surface area contributed by atoms with Crippen LogP contribution < -0.4 is 5.32 Å². The molecule has 0 aliphatic carbocycles. The van der Waals surface area contributed by atoms with Gasteiger partial charge in [0.15, 0.2) is 9.84 Å². The van der Waals surface area contributed by atoms with E-state index in [4.69, 9.17) is 0 Å². The van der Waals surface area contributed by atoms with Gasteiger partial charge in [0.25, 0.3) is 0 Å². The Morgan fingerprint density at radius 1 is 1.25 bits per heavy atom. The summed E-state index contributed by atoms with van der Waals surface area (Å²) in [7, 11) is -2.78. The molecule has 0 spiro atoms. The molecule has 1 N–H and O–H groups in total. The zero-order chi connectivity index (χ0) is 14.0. The monoisotopic (exact) mass is 290 g/mol. The molecule has 3 rings (SSSR count). The van der Waals surface area contributed by atoms with Gasteiger partial charge in [-0.2, -0.15) is 0 Å². The van der Waals surface area contributed by atoms with Crippen LogP contribution in [0.25, 0.3) is 10.9 Å². The van der Waals surface area contributed by atoms with Crippen molar-refractivity contribution in [3.63, 3.8) is 0 Å². The van der Waals surface area contributed by atoms with Gasteiger partial charge < -0.3 is 5.32 Å². The van der Waals surface area contributed by atoms with Gasteiger partial charge in [-0.15, -0.1) is 0 Å². The maximum Gasteiger partial charge on any atom is 0.150 e. The number of para-hydroxylation sites is 1. The number of pyridine rings is 1. The fourth-order valence-electron chi connectivity index (χ4n) is 2.75. The van der Waals surface area contributed by atoms with E-state index in [2.05, 4.69) is 28.5 Å². The first kappa shape index (κ1) is 13.5. The van der Waals surface area contributed by atoms with Crippen LogP contribution in [0.1, 0.15) is 12.0 Å². The predicted molar refractivity (Wildman–Crippen MR) is 80.2 cm³/mol. The Kier molecular flexibility index (Phi) is 3.72. The van der Waals surface area contributed by atoms with Crippen LogP contribution >= 0.6 is 0 Å². The molecule has 1 atom stereocenters. The van der Waals surface area contributed by atoms with Crippen molar-refractivity contribution in [2.45, 2.75) is 13.0 Å². The molecule has 0 saturated carbocycles. The third kappa shape index (κ3) is 2.99. The van der Waals surface area contributed by atoms with Crippen LogP contribution in [0.3, 0.4) is 0 Å². The smallest absolute Gasteiger partial charge is 0.150 e. The van der Waals surface area contributed by atoms with Crippen molar-refractivity contribution in [2.24, 2.45) is 5.92 Å². The van der Waals surface area contributed by atoms with E-state index in [-0.39, 0.29) is 5.92 Å². The highest BCUT2D eigenvalue weighted by Gasteiger charge is 2.27. The zero-order valence-electron chi connectivity index (χ0n) is 11.2. The molecule has 0 amide bonds. The molecule has 2 heterocycles. The molecule has 1 aromatic heterocycles. The van der Waals surface area contributed by atoms with E-state index < -0.39 is 9.84 Å². The molecule has 20 heavy (non-hydrogen) atoms. The maximum absolute atomic E-state index is 11.4. The van der Waals surface area contributed by atoms with Crippen LogP contribution in [-0.4, -0.2) is 31.5 Å². The predicted octanol–water partition coefficient (Wildman–Crippen LogP) is 1.76. The molecule has 0 radical (unpaired) electrons. The van der Waals surface area contributed by atoms with Crippen molar-refractivity contribution < 1.29 is 8.42 Å². The van der Waals surface area contributed by atoms with Crippen molar-refractivity contribution in [3.8, 4) is 0 Å². The second kappa shape index (κ2) is 5.50. The number of hydrogen-bond acceptors (Lipinski definition) is 4. The normalized spacial score (nSPS) is 21.3. The number of fused-ring (bicyclic) bond motifs is 1. The van der Waals surface area contributed by atoms with Crippen LogP contribution in [0, 0.1) is 5.92 Å². The van der Waals surface area contributed by atoms with E-state index >= 15 is 0 Å².